The quantitative estimate of drug-likeness (QED) is 0.768. The first-order valence-electron chi connectivity index (χ1n) is 5.83. The Kier molecular flexibility index (Phi) is 3.92. The fraction of sp³-hybridized carbons (Fsp3) is 0.909. The van der Waals surface area contributed by atoms with E-state index < -0.39 is 0 Å². The maximum absolute atomic E-state index is 11.3. The van der Waals surface area contributed by atoms with Crippen LogP contribution in [0.2, 0.25) is 0 Å². The molecule has 2 heterocycles. The van der Waals surface area contributed by atoms with Gasteiger partial charge >= 0.3 is 0 Å². The summed E-state index contributed by atoms with van der Waals surface area (Å²) in [6.45, 7) is 0.891. The first kappa shape index (κ1) is 11.3. The second-order valence-electron chi connectivity index (χ2n) is 4.56. The summed E-state index contributed by atoms with van der Waals surface area (Å²) in [6, 6.07) is 1.22. The molecule has 2 aliphatic rings. The van der Waals surface area contributed by atoms with Gasteiger partial charge in [-0.2, -0.15) is 11.8 Å². The minimum absolute atomic E-state index is 0.298. The maximum atomic E-state index is 11.3. The molecule has 1 amide bonds. The molecule has 4 heteroatoms. The zero-order chi connectivity index (χ0) is 10.7. The molecule has 2 saturated heterocycles. The third kappa shape index (κ3) is 3.11. The van der Waals surface area contributed by atoms with Gasteiger partial charge in [0.15, 0.2) is 0 Å². The van der Waals surface area contributed by atoms with Gasteiger partial charge in [0, 0.05) is 32.1 Å². The van der Waals surface area contributed by atoms with E-state index >= 15 is 0 Å². The van der Waals surface area contributed by atoms with Crippen molar-refractivity contribution in [1.82, 2.24) is 10.2 Å². The van der Waals surface area contributed by atoms with Crippen LogP contribution in [0.5, 0.6) is 0 Å². The average Bonchev–Trinajstić information content (AvgIpc) is 2.25. The number of rotatable bonds is 2. The lowest BCUT2D eigenvalue weighted by atomic mass is 10.0. The highest BCUT2D eigenvalue weighted by molar-refractivity contribution is 7.99. The highest BCUT2D eigenvalue weighted by atomic mass is 32.2. The molecule has 3 nitrogen and oxygen atoms in total. The smallest absolute Gasteiger partial charge is 0.222 e. The molecule has 0 aromatic carbocycles. The topological polar surface area (TPSA) is 32.3 Å². The second kappa shape index (κ2) is 5.21. The van der Waals surface area contributed by atoms with Gasteiger partial charge in [-0.3, -0.25) is 4.79 Å². The Hall–Kier alpha value is -0.220. The zero-order valence-corrected chi connectivity index (χ0v) is 10.2. The molecule has 0 aliphatic carbocycles. The van der Waals surface area contributed by atoms with Crippen LogP contribution in [0.1, 0.15) is 25.7 Å². The lowest BCUT2D eigenvalue weighted by Crippen LogP contribution is -2.50. The van der Waals surface area contributed by atoms with Crippen molar-refractivity contribution in [1.29, 1.82) is 0 Å². The number of carbonyl (C=O) groups excluding carboxylic acids is 1. The maximum Gasteiger partial charge on any atom is 0.222 e. The molecule has 2 aliphatic heterocycles. The number of likely N-dealkylation sites (tertiary alicyclic amines) is 1. The Bertz CT molecular complexity index is 229. The van der Waals surface area contributed by atoms with E-state index in [1.807, 2.05) is 11.9 Å². The molecule has 0 spiro atoms. The number of amides is 1. The number of thioether (sulfide) groups is 1. The van der Waals surface area contributed by atoms with Crippen LogP contribution in [-0.2, 0) is 4.79 Å². The van der Waals surface area contributed by atoms with Crippen molar-refractivity contribution in [2.45, 2.75) is 37.8 Å². The minimum Gasteiger partial charge on any atom is -0.344 e. The molecule has 0 bridgehead atoms. The van der Waals surface area contributed by atoms with Crippen molar-refractivity contribution in [2.75, 3.05) is 25.1 Å². The van der Waals surface area contributed by atoms with E-state index in [0.717, 1.165) is 19.4 Å². The van der Waals surface area contributed by atoms with Crippen molar-refractivity contribution in [3.8, 4) is 0 Å². The van der Waals surface area contributed by atoms with Gasteiger partial charge in [0.2, 0.25) is 5.91 Å². The van der Waals surface area contributed by atoms with Gasteiger partial charge in [-0.15, -0.1) is 0 Å². The third-order valence-electron chi connectivity index (χ3n) is 3.32. The van der Waals surface area contributed by atoms with Crippen LogP contribution in [0.25, 0.3) is 0 Å². The standard InChI is InChI=1S/C11H20N2OS/c1-13-8-10(2-3-11(13)14)12-9-4-6-15-7-5-9/h9-10,12H,2-8H2,1H3. The van der Waals surface area contributed by atoms with Crippen molar-refractivity contribution < 1.29 is 4.79 Å². The van der Waals surface area contributed by atoms with Gasteiger partial charge in [-0.05, 0) is 30.8 Å². The summed E-state index contributed by atoms with van der Waals surface area (Å²) in [6.07, 6.45) is 4.32. The normalized spacial score (nSPS) is 29.5. The van der Waals surface area contributed by atoms with E-state index in [1.165, 1.54) is 24.3 Å². The number of carbonyl (C=O) groups is 1. The predicted octanol–water partition coefficient (Wildman–Crippen LogP) is 1.09. The molecule has 0 radical (unpaired) electrons. The predicted molar refractivity (Wildman–Crippen MR) is 64.1 cm³/mol. The van der Waals surface area contributed by atoms with Crippen molar-refractivity contribution >= 4 is 17.7 Å². The molecule has 1 atom stereocenters. The van der Waals surface area contributed by atoms with E-state index in [2.05, 4.69) is 17.1 Å². The Balaban J connectivity index is 1.76. The Labute approximate surface area is 96.0 Å². The molecule has 0 aromatic rings. The fourth-order valence-corrected chi connectivity index (χ4v) is 3.45. The molecule has 15 heavy (non-hydrogen) atoms. The van der Waals surface area contributed by atoms with Gasteiger partial charge < -0.3 is 10.2 Å². The molecule has 0 aromatic heterocycles. The van der Waals surface area contributed by atoms with Crippen molar-refractivity contribution in [3.63, 3.8) is 0 Å². The van der Waals surface area contributed by atoms with E-state index in [9.17, 15) is 4.79 Å². The zero-order valence-electron chi connectivity index (χ0n) is 9.37. The van der Waals surface area contributed by atoms with Crippen LogP contribution in [-0.4, -0.2) is 48.0 Å². The number of nitrogens with zero attached hydrogens (tertiary/aromatic N) is 1. The fourth-order valence-electron chi connectivity index (χ4n) is 2.35. The van der Waals surface area contributed by atoms with Crippen LogP contribution in [0.3, 0.4) is 0 Å². The van der Waals surface area contributed by atoms with E-state index in [1.54, 1.807) is 0 Å². The summed E-state index contributed by atoms with van der Waals surface area (Å²) < 4.78 is 0. The van der Waals surface area contributed by atoms with Crippen LogP contribution >= 0.6 is 11.8 Å². The summed E-state index contributed by atoms with van der Waals surface area (Å²) >= 11 is 2.06. The monoisotopic (exact) mass is 228 g/mol. The van der Waals surface area contributed by atoms with E-state index in [4.69, 9.17) is 0 Å². The number of hydrogen-bond acceptors (Lipinski definition) is 3. The Morgan fingerprint density at radius 1 is 1.27 bits per heavy atom. The molecule has 2 rings (SSSR count). The van der Waals surface area contributed by atoms with Gasteiger partial charge in [-0.1, -0.05) is 0 Å². The first-order chi connectivity index (χ1) is 7.25. The summed E-state index contributed by atoms with van der Waals surface area (Å²) in [5.41, 5.74) is 0. The largest absolute Gasteiger partial charge is 0.344 e. The van der Waals surface area contributed by atoms with Crippen LogP contribution < -0.4 is 5.32 Å². The minimum atomic E-state index is 0.298. The summed E-state index contributed by atoms with van der Waals surface area (Å²) in [7, 11) is 1.91. The second-order valence-corrected chi connectivity index (χ2v) is 5.79. The average molecular weight is 228 g/mol. The first-order valence-corrected chi connectivity index (χ1v) is 6.99. The SMILES string of the molecule is CN1CC(NC2CCSCC2)CCC1=O. The summed E-state index contributed by atoms with van der Waals surface area (Å²) in [4.78, 5) is 13.2. The molecular formula is C11H20N2OS. The number of piperidine rings is 1. The van der Waals surface area contributed by atoms with Gasteiger partial charge in [0.25, 0.3) is 0 Å². The molecule has 86 valence electrons. The molecule has 2 fully saturated rings. The molecule has 0 saturated carbocycles. The Morgan fingerprint density at radius 2 is 2.00 bits per heavy atom. The lowest BCUT2D eigenvalue weighted by molar-refractivity contribution is -0.132. The number of likely N-dealkylation sites (N-methyl/N-ethyl adjacent to an activating group) is 1. The van der Waals surface area contributed by atoms with Gasteiger partial charge in [0.05, 0.1) is 0 Å². The molecular weight excluding hydrogens is 208 g/mol. The molecule has 1 unspecified atom stereocenters. The summed E-state index contributed by atoms with van der Waals surface area (Å²) in [5, 5.41) is 3.70. The number of nitrogens with one attached hydrogen (secondary N) is 1. The highest BCUT2D eigenvalue weighted by Crippen LogP contribution is 2.19. The Morgan fingerprint density at radius 3 is 2.67 bits per heavy atom. The van der Waals surface area contributed by atoms with Crippen LogP contribution in [0, 0.1) is 0 Å². The summed E-state index contributed by atoms with van der Waals surface area (Å²) in [5.74, 6) is 2.88. The highest BCUT2D eigenvalue weighted by Gasteiger charge is 2.25. The molecule has 1 N–H and O–H groups in total. The van der Waals surface area contributed by atoms with E-state index in [-0.39, 0.29) is 0 Å². The lowest BCUT2D eigenvalue weighted by Gasteiger charge is -2.34. The van der Waals surface area contributed by atoms with Crippen LogP contribution in [0.15, 0.2) is 0 Å². The van der Waals surface area contributed by atoms with Crippen LogP contribution in [0.4, 0.5) is 0 Å². The van der Waals surface area contributed by atoms with E-state index in [0.29, 0.717) is 18.0 Å². The number of hydrogen-bond donors (Lipinski definition) is 1. The van der Waals surface area contributed by atoms with Crippen molar-refractivity contribution in [3.05, 3.63) is 0 Å². The van der Waals surface area contributed by atoms with Crippen molar-refractivity contribution in [2.24, 2.45) is 0 Å². The van der Waals surface area contributed by atoms with Gasteiger partial charge in [-0.25, -0.2) is 0 Å². The third-order valence-corrected chi connectivity index (χ3v) is 4.37. The van der Waals surface area contributed by atoms with Gasteiger partial charge in [0.1, 0.15) is 0 Å².